The first-order chi connectivity index (χ1) is 11.6. The summed E-state index contributed by atoms with van der Waals surface area (Å²) in [4.78, 5) is 28.0. The number of likely N-dealkylation sites (tertiary alicyclic amines) is 2. The van der Waals surface area contributed by atoms with E-state index in [4.69, 9.17) is 5.73 Å². The number of nitrogens with two attached hydrogens (primary N) is 1. The van der Waals surface area contributed by atoms with Crippen LogP contribution in [0.4, 0.5) is 0 Å². The Morgan fingerprint density at radius 1 is 1.12 bits per heavy atom. The van der Waals surface area contributed by atoms with E-state index in [9.17, 15) is 9.59 Å². The van der Waals surface area contributed by atoms with Crippen molar-refractivity contribution in [3.8, 4) is 0 Å². The van der Waals surface area contributed by atoms with Crippen molar-refractivity contribution in [3.05, 3.63) is 23.8 Å². The molecule has 126 valence electrons. The Hall–Kier alpha value is -2.06. The lowest BCUT2D eigenvalue weighted by Crippen LogP contribution is -2.62. The summed E-state index contributed by atoms with van der Waals surface area (Å²) in [5, 5.41) is 0. The van der Waals surface area contributed by atoms with E-state index in [0.717, 1.165) is 61.8 Å². The molecule has 0 atom stereocenters. The predicted octanol–water partition coefficient (Wildman–Crippen LogP) is 0.713. The largest absolute Gasteiger partial charge is 0.369 e. The molecule has 24 heavy (non-hydrogen) atoms. The highest BCUT2D eigenvalue weighted by Gasteiger charge is 2.37. The molecular formula is C16H19N5O2S. The number of primary amides is 1. The second kappa shape index (κ2) is 6.10. The van der Waals surface area contributed by atoms with Gasteiger partial charge in [0.05, 0.1) is 11.7 Å². The van der Waals surface area contributed by atoms with Gasteiger partial charge in [0.15, 0.2) is 0 Å². The topological polar surface area (TPSA) is 92.4 Å². The molecule has 8 heteroatoms. The molecule has 2 aliphatic heterocycles. The van der Waals surface area contributed by atoms with E-state index in [0.29, 0.717) is 11.6 Å². The van der Waals surface area contributed by atoms with Gasteiger partial charge < -0.3 is 10.6 Å². The van der Waals surface area contributed by atoms with E-state index in [2.05, 4.69) is 13.6 Å². The van der Waals surface area contributed by atoms with Gasteiger partial charge in [-0.3, -0.25) is 14.5 Å². The van der Waals surface area contributed by atoms with Crippen LogP contribution in [-0.4, -0.2) is 62.6 Å². The molecule has 0 radical (unpaired) electrons. The van der Waals surface area contributed by atoms with Crippen molar-refractivity contribution >= 4 is 34.6 Å². The van der Waals surface area contributed by atoms with Crippen LogP contribution in [0.2, 0.25) is 0 Å². The minimum Gasteiger partial charge on any atom is -0.369 e. The molecule has 0 aliphatic carbocycles. The molecule has 2 fully saturated rings. The number of aromatic nitrogens is 2. The van der Waals surface area contributed by atoms with E-state index in [1.165, 1.54) is 0 Å². The average Bonchev–Trinajstić information content (AvgIpc) is 3.01. The lowest BCUT2D eigenvalue weighted by atomic mass is 9.93. The Morgan fingerprint density at radius 2 is 1.83 bits per heavy atom. The molecule has 2 aromatic rings. The highest BCUT2D eigenvalue weighted by atomic mass is 32.1. The van der Waals surface area contributed by atoms with Crippen LogP contribution in [0.5, 0.6) is 0 Å². The van der Waals surface area contributed by atoms with Gasteiger partial charge in [0.2, 0.25) is 5.91 Å². The smallest absolute Gasteiger partial charge is 0.254 e. The lowest BCUT2D eigenvalue weighted by molar-refractivity contribution is -0.123. The molecule has 1 aromatic heterocycles. The van der Waals surface area contributed by atoms with E-state index in [1.54, 1.807) is 0 Å². The minimum absolute atomic E-state index is 0.0116. The molecule has 0 unspecified atom stereocenters. The summed E-state index contributed by atoms with van der Waals surface area (Å²) < 4.78 is 8.34. The maximum absolute atomic E-state index is 12.6. The zero-order valence-electron chi connectivity index (χ0n) is 13.2. The van der Waals surface area contributed by atoms with Crippen molar-refractivity contribution in [1.29, 1.82) is 0 Å². The fourth-order valence-electron chi connectivity index (χ4n) is 3.50. The second-order valence-electron chi connectivity index (χ2n) is 6.54. The first-order valence-corrected chi connectivity index (χ1v) is 8.90. The van der Waals surface area contributed by atoms with E-state index >= 15 is 0 Å². The number of hydrogen-bond donors (Lipinski definition) is 1. The fourth-order valence-corrected chi connectivity index (χ4v) is 4.02. The summed E-state index contributed by atoms with van der Waals surface area (Å²) in [6.45, 7) is 3.26. The van der Waals surface area contributed by atoms with Gasteiger partial charge in [-0.05, 0) is 44.1 Å². The third-order valence-corrected chi connectivity index (χ3v) is 5.66. The van der Waals surface area contributed by atoms with Crippen LogP contribution in [0, 0.1) is 5.92 Å². The van der Waals surface area contributed by atoms with Gasteiger partial charge in [0.1, 0.15) is 11.0 Å². The first kappa shape index (κ1) is 15.5. The van der Waals surface area contributed by atoms with Crippen molar-refractivity contribution < 1.29 is 9.59 Å². The molecule has 4 rings (SSSR count). The molecule has 2 aliphatic rings. The normalized spacial score (nSPS) is 20.2. The van der Waals surface area contributed by atoms with Gasteiger partial charge in [0.25, 0.3) is 5.91 Å². The summed E-state index contributed by atoms with van der Waals surface area (Å²) in [6.07, 6.45) is 1.65. The third-order valence-electron chi connectivity index (χ3n) is 5.10. The maximum atomic E-state index is 12.6. The monoisotopic (exact) mass is 345 g/mol. The summed E-state index contributed by atoms with van der Waals surface area (Å²) in [5.74, 6) is -0.127. The van der Waals surface area contributed by atoms with Crippen LogP contribution in [0.15, 0.2) is 18.2 Å². The van der Waals surface area contributed by atoms with Gasteiger partial charge in [-0.25, -0.2) is 0 Å². The standard InChI is InChI=1S/C16H19N5O2S/c17-15(22)10-3-5-20(6-4-10)12-8-21(9-12)16(23)11-1-2-13-14(7-11)19-24-18-13/h1-2,7,10,12H,3-6,8-9H2,(H2,17,22). The Balaban J connectivity index is 1.34. The van der Waals surface area contributed by atoms with Crippen LogP contribution in [0.1, 0.15) is 23.2 Å². The zero-order valence-corrected chi connectivity index (χ0v) is 14.0. The van der Waals surface area contributed by atoms with Crippen molar-refractivity contribution in [2.45, 2.75) is 18.9 Å². The van der Waals surface area contributed by atoms with Crippen molar-refractivity contribution in [2.24, 2.45) is 11.7 Å². The van der Waals surface area contributed by atoms with Crippen LogP contribution < -0.4 is 5.73 Å². The summed E-state index contributed by atoms with van der Waals surface area (Å²) in [5.41, 5.74) is 7.65. The average molecular weight is 345 g/mol. The van der Waals surface area contributed by atoms with Crippen molar-refractivity contribution in [2.75, 3.05) is 26.2 Å². The van der Waals surface area contributed by atoms with Gasteiger partial charge >= 0.3 is 0 Å². The number of nitrogens with zero attached hydrogens (tertiary/aromatic N) is 4. The molecule has 2 saturated heterocycles. The maximum Gasteiger partial charge on any atom is 0.254 e. The molecule has 3 heterocycles. The molecule has 0 bridgehead atoms. The Bertz CT molecular complexity index is 778. The summed E-state index contributed by atoms with van der Waals surface area (Å²) in [6, 6.07) is 5.87. The van der Waals surface area contributed by atoms with Crippen molar-refractivity contribution in [3.63, 3.8) is 0 Å². The number of rotatable bonds is 3. The number of carbonyl (C=O) groups is 2. The predicted molar refractivity (Wildman–Crippen MR) is 90.6 cm³/mol. The number of amides is 2. The molecule has 2 amide bonds. The van der Waals surface area contributed by atoms with Gasteiger partial charge in [-0.15, -0.1) is 0 Å². The molecule has 7 nitrogen and oxygen atoms in total. The minimum atomic E-state index is -0.188. The molecule has 0 saturated carbocycles. The van der Waals surface area contributed by atoms with Crippen LogP contribution in [-0.2, 0) is 4.79 Å². The SMILES string of the molecule is NC(=O)C1CCN(C2CN(C(=O)c3ccc4nsnc4c3)C2)CC1. The van der Waals surface area contributed by atoms with E-state index in [1.807, 2.05) is 23.1 Å². The van der Waals surface area contributed by atoms with Gasteiger partial charge in [-0.2, -0.15) is 8.75 Å². The zero-order chi connectivity index (χ0) is 16.7. The number of fused-ring (bicyclic) bond motifs is 1. The quantitative estimate of drug-likeness (QED) is 0.884. The number of hydrogen-bond acceptors (Lipinski definition) is 6. The molecule has 2 N–H and O–H groups in total. The van der Waals surface area contributed by atoms with Gasteiger partial charge in [0, 0.05) is 30.6 Å². The highest BCUT2D eigenvalue weighted by molar-refractivity contribution is 7.00. The fraction of sp³-hybridized carbons (Fsp3) is 0.500. The van der Waals surface area contributed by atoms with Crippen LogP contribution >= 0.6 is 11.7 Å². The first-order valence-electron chi connectivity index (χ1n) is 8.17. The Labute approximate surface area is 143 Å². The lowest BCUT2D eigenvalue weighted by Gasteiger charge is -2.47. The van der Waals surface area contributed by atoms with E-state index < -0.39 is 0 Å². The van der Waals surface area contributed by atoms with Crippen molar-refractivity contribution in [1.82, 2.24) is 18.5 Å². The summed E-state index contributed by atoms with van der Waals surface area (Å²) in [7, 11) is 0. The second-order valence-corrected chi connectivity index (χ2v) is 7.07. The van der Waals surface area contributed by atoms with Gasteiger partial charge in [-0.1, -0.05) is 0 Å². The number of benzene rings is 1. The Morgan fingerprint density at radius 3 is 2.54 bits per heavy atom. The Kier molecular flexibility index (Phi) is 3.93. The molecule has 0 spiro atoms. The molecular weight excluding hydrogens is 326 g/mol. The van der Waals surface area contributed by atoms with E-state index in [-0.39, 0.29) is 17.7 Å². The van der Waals surface area contributed by atoms with Crippen LogP contribution in [0.3, 0.4) is 0 Å². The summed E-state index contributed by atoms with van der Waals surface area (Å²) >= 11 is 1.16. The number of piperidine rings is 1. The van der Waals surface area contributed by atoms with Crippen LogP contribution in [0.25, 0.3) is 11.0 Å². The highest BCUT2D eigenvalue weighted by Crippen LogP contribution is 2.25. The third kappa shape index (κ3) is 2.76. The molecule has 1 aromatic carbocycles. The number of carbonyl (C=O) groups excluding carboxylic acids is 2.